The van der Waals surface area contributed by atoms with Crippen LogP contribution in [-0.4, -0.2) is 15.0 Å². The van der Waals surface area contributed by atoms with Crippen LogP contribution < -0.4 is 0 Å². The van der Waals surface area contributed by atoms with Crippen LogP contribution in [0.1, 0.15) is 26.5 Å². The van der Waals surface area contributed by atoms with Gasteiger partial charge in [0.05, 0.1) is 5.52 Å². The highest BCUT2D eigenvalue weighted by molar-refractivity contribution is 7.71. The Balaban J connectivity index is 2.18. The van der Waals surface area contributed by atoms with Crippen molar-refractivity contribution < 1.29 is 0 Å². The van der Waals surface area contributed by atoms with Crippen LogP contribution in [-0.2, 0) is 5.41 Å². The number of benzene rings is 1. The van der Waals surface area contributed by atoms with Gasteiger partial charge in [-0.15, -0.1) is 0 Å². The molecule has 2 aromatic heterocycles. The van der Waals surface area contributed by atoms with Crippen molar-refractivity contribution in [1.82, 2.24) is 15.0 Å². The normalized spacial score (nSPS) is 11.8. The second-order valence-corrected chi connectivity index (χ2v) is 6.56. The quantitative estimate of drug-likeness (QED) is 0.664. The minimum atomic E-state index is 0.00362. The van der Waals surface area contributed by atoms with Crippen molar-refractivity contribution in [2.24, 2.45) is 0 Å². The molecular formula is C17H17N3S. The molecule has 4 heteroatoms. The number of hydrogen-bond acceptors (Lipinski definition) is 3. The summed E-state index contributed by atoms with van der Waals surface area (Å²) in [4.78, 5) is 12.2. The van der Waals surface area contributed by atoms with Crippen molar-refractivity contribution in [2.45, 2.75) is 26.2 Å². The zero-order chi connectivity index (χ0) is 15.0. The van der Waals surface area contributed by atoms with Crippen LogP contribution in [0.3, 0.4) is 0 Å². The summed E-state index contributed by atoms with van der Waals surface area (Å²) in [6.07, 6.45) is 1.80. The van der Waals surface area contributed by atoms with E-state index in [4.69, 9.17) is 12.2 Å². The maximum absolute atomic E-state index is 5.31. The van der Waals surface area contributed by atoms with Gasteiger partial charge in [-0.1, -0.05) is 39.1 Å². The second-order valence-electron chi connectivity index (χ2n) is 6.14. The monoisotopic (exact) mass is 295 g/mol. The lowest BCUT2D eigenvalue weighted by atomic mass is 9.92. The highest BCUT2D eigenvalue weighted by atomic mass is 32.1. The summed E-state index contributed by atoms with van der Waals surface area (Å²) < 4.78 is 0.611. The standard InChI is InChI=1S/C17H17N3S/c1-17(2,3)14-10-15(21)20-16(19-14)12-6-7-13-11(9-12)5-4-8-18-13/h4-10H,1-3H3,(H,19,20,21). The maximum Gasteiger partial charge on any atom is 0.139 e. The smallest absolute Gasteiger partial charge is 0.139 e. The van der Waals surface area contributed by atoms with E-state index in [0.29, 0.717) is 4.64 Å². The number of pyridine rings is 1. The van der Waals surface area contributed by atoms with Crippen LogP contribution in [0.5, 0.6) is 0 Å². The van der Waals surface area contributed by atoms with Gasteiger partial charge in [0.1, 0.15) is 10.5 Å². The number of nitrogens with zero attached hydrogens (tertiary/aromatic N) is 2. The summed E-state index contributed by atoms with van der Waals surface area (Å²) >= 11 is 5.31. The lowest BCUT2D eigenvalue weighted by Crippen LogP contribution is -2.14. The van der Waals surface area contributed by atoms with E-state index in [0.717, 1.165) is 28.0 Å². The summed E-state index contributed by atoms with van der Waals surface area (Å²) in [6.45, 7) is 6.46. The Morgan fingerprint density at radius 2 is 1.90 bits per heavy atom. The Morgan fingerprint density at radius 3 is 2.67 bits per heavy atom. The number of aromatic nitrogens is 3. The zero-order valence-electron chi connectivity index (χ0n) is 12.3. The Bertz CT molecular complexity index is 860. The summed E-state index contributed by atoms with van der Waals surface area (Å²) in [5.41, 5.74) is 3.09. The fourth-order valence-electron chi connectivity index (χ4n) is 2.22. The fraction of sp³-hybridized carbons (Fsp3) is 0.235. The molecule has 0 bridgehead atoms. The van der Waals surface area contributed by atoms with E-state index in [1.807, 2.05) is 30.3 Å². The summed E-state index contributed by atoms with van der Waals surface area (Å²) in [7, 11) is 0. The third-order valence-corrected chi connectivity index (χ3v) is 3.64. The minimum Gasteiger partial charge on any atom is -0.343 e. The van der Waals surface area contributed by atoms with Crippen molar-refractivity contribution in [3.8, 4) is 11.4 Å². The van der Waals surface area contributed by atoms with Gasteiger partial charge in [-0.05, 0) is 30.3 Å². The molecule has 0 radical (unpaired) electrons. The van der Waals surface area contributed by atoms with Gasteiger partial charge >= 0.3 is 0 Å². The van der Waals surface area contributed by atoms with Crippen LogP contribution in [0.25, 0.3) is 22.3 Å². The van der Waals surface area contributed by atoms with Gasteiger partial charge in [-0.25, -0.2) is 4.98 Å². The Labute approximate surface area is 129 Å². The van der Waals surface area contributed by atoms with E-state index >= 15 is 0 Å². The molecule has 1 aromatic carbocycles. The molecule has 21 heavy (non-hydrogen) atoms. The van der Waals surface area contributed by atoms with Crippen molar-refractivity contribution in [3.63, 3.8) is 0 Å². The van der Waals surface area contributed by atoms with Crippen molar-refractivity contribution in [2.75, 3.05) is 0 Å². The highest BCUT2D eigenvalue weighted by Gasteiger charge is 2.16. The number of aromatic amines is 1. The molecule has 3 nitrogen and oxygen atoms in total. The molecule has 1 N–H and O–H groups in total. The lowest BCUT2D eigenvalue weighted by Gasteiger charge is -2.19. The van der Waals surface area contributed by atoms with Gasteiger partial charge in [0, 0.05) is 28.3 Å². The van der Waals surface area contributed by atoms with E-state index in [9.17, 15) is 0 Å². The fourth-order valence-corrected chi connectivity index (χ4v) is 2.43. The summed E-state index contributed by atoms with van der Waals surface area (Å²) in [5.74, 6) is 0.804. The van der Waals surface area contributed by atoms with E-state index in [2.05, 4.69) is 41.8 Å². The van der Waals surface area contributed by atoms with E-state index in [1.165, 1.54) is 0 Å². The molecule has 0 aliphatic heterocycles. The largest absolute Gasteiger partial charge is 0.343 e. The highest BCUT2D eigenvalue weighted by Crippen LogP contribution is 2.25. The average Bonchev–Trinajstić information content (AvgIpc) is 2.45. The number of rotatable bonds is 1. The first kappa shape index (κ1) is 13.9. The first-order valence-electron chi connectivity index (χ1n) is 6.90. The van der Waals surface area contributed by atoms with E-state index in [-0.39, 0.29) is 5.41 Å². The van der Waals surface area contributed by atoms with Crippen LogP contribution >= 0.6 is 12.2 Å². The first-order chi connectivity index (χ1) is 9.93. The average molecular weight is 295 g/mol. The molecule has 0 spiro atoms. The molecule has 0 atom stereocenters. The predicted molar refractivity (Wildman–Crippen MR) is 88.9 cm³/mol. The second kappa shape index (κ2) is 5.04. The van der Waals surface area contributed by atoms with Crippen LogP contribution in [0.2, 0.25) is 0 Å². The van der Waals surface area contributed by atoms with E-state index < -0.39 is 0 Å². The Morgan fingerprint density at radius 1 is 1.10 bits per heavy atom. The lowest BCUT2D eigenvalue weighted by molar-refractivity contribution is 0.567. The maximum atomic E-state index is 5.31. The molecule has 2 heterocycles. The number of nitrogens with one attached hydrogen (secondary N) is 1. The van der Waals surface area contributed by atoms with Gasteiger partial charge in [-0.3, -0.25) is 4.98 Å². The molecule has 0 saturated carbocycles. The molecule has 0 amide bonds. The minimum absolute atomic E-state index is 0.00362. The molecule has 0 saturated heterocycles. The summed E-state index contributed by atoms with van der Waals surface area (Å²) in [5, 5.41) is 1.09. The first-order valence-corrected chi connectivity index (χ1v) is 7.31. The van der Waals surface area contributed by atoms with E-state index in [1.54, 1.807) is 6.20 Å². The Kier molecular flexibility index (Phi) is 3.33. The van der Waals surface area contributed by atoms with Crippen LogP contribution in [0.4, 0.5) is 0 Å². The van der Waals surface area contributed by atoms with Gasteiger partial charge in [0.15, 0.2) is 0 Å². The van der Waals surface area contributed by atoms with Crippen molar-refractivity contribution in [1.29, 1.82) is 0 Å². The zero-order valence-corrected chi connectivity index (χ0v) is 13.2. The SMILES string of the molecule is CC(C)(C)c1cc(=S)nc(-c2ccc3ncccc3c2)[nH]1. The number of hydrogen-bond donors (Lipinski definition) is 1. The van der Waals surface area contributed by atoms with Gasteiger partial charge in [0.2, 0.25) is 0 Å². The van der Waals surface area contributed by atoms with Gasteiger partial charge < -0.3 is 4.98 Å². The van der Waals surface area contributed by atoms with Gasteiger partial charge in [0.25, 0.3) is 0 Å². The van der Waals surface area contributed by atoms with Crippen LogP contribution in [0.15, 0.2) is 42.6 Å². The molecule has 0 aliphatic carbocycles. The topological polar surface area (TPSA) is 41.6 Å². The molecule has 0 aliphatic rings. The molecule has 3 rings (SSSR count). The third-order valence-electron chi connectivity index (χ3n) is 3.43. The summed E-state index contributed by atoms with van der Waals surface area (Å²) in [6, 6.07) is 12.0. The third kappa shape index (κ3) is 2.85. The predicted octanol–water partition coefficient (Wildman–Crippen LogP) is 4.65. The molecule has 0 fully saturated rings. The number of H-pyrrole nitrogens is 1. The van der Waals surface area contributed by atoms with Crippen molar-refractivity contribution in [3.05, 3.63) is 52.9 Å². The molecule has 0 unspecified atom stereocenters. The van der Waals surface area contributed by atoms with Crippen LogP contribution in [0, 0.1) is 4.64 Å². The molecular weight excluding hydrogens is 278 g/mol. The van der Waals surface area contributed by atoms with Crippen molar-refractivity contribution >= 4 is 23.1 Å². The Hall–Kier alpha value is -2.07. The van der Waals surface area contributed by atoms with Gasteiger partial charge in [-0.2, -0.15) is 0 Å². The number of fused-ring (bicyclic) bond motifs is 1. The molecule has 3 aromatic rings. The molecule has 106 valence electrons.